The lowest BCUT2D eigenvalue weighted by Crippen LogP contribution is -2.47. The first-order valence-corrected chi connectivity index (χ1v) is 9.19. The van der Waals surface area contributed by atoms with E-state index in [9.17, 15) is 14.7 Å². The van der Waals surface area contributed by atoms with Crippen LogP contribution in [0.5, 0.6) is 0 Å². The molecule has 2 rings (SSSR count). The van der Waals surface area contributed by atoms with Crippen LogP contribution in [0.2, 0.25) is 0 Å². The van der Waals surface area contributed by atoms with Crippen LogP contribution < -0.4 is 10.2 Å². The third-order valence-electron chi connectivity index (χ3n) is 4.52. The second-order valence-electron chi connectivity index (χ2n) is 6.52. The average Bonchev–Trinajstić information content (AvgIpc) is 2.61. The summed E-state index contributed by atoms with van der Waals surface area (Å²) in [5.41, 5.74) is 1.53. The number of anilines is 2. The number of aromatic carboxylic acids is 1. The van der Waals surface area contributed by atoms with Gasteiger partial charge in [0.2, 0.25) is 5.91 Å². The second-order valence-corrected chi connectivity index (χ2v) is 6.52. The number of carboxylic acid groups (broad SMARTS) is 1. The zero-order valence-corrected chi connectivity index (χ0v) is 15.3. The molecule has 1 saturated heterocycles. The number of hydrogen-bond donors (Lipinski definition) is 2. The highest BCUT2D eigenvalue weighted by Crippen LogP contribution is 2.26. The van der Waals surface area contributed by atoms with Gasteiger partial charge in [0.15, 0.2) is 0 Å². The van der Waals surface area contributed by atoms with Gasteiger partial charge in [0.25, 0.3) is 0 Å². The molecule has 0 saturated carbocycles. The maximum absolute atomic E-state index is 11.9. The van der Waals surface area contributed by atoms with Crippen LogP contribution >= 0.6 is 0 Å². The lowest BCUT2D eigenvalue weighted by Gasteiger charge is -2.36. The first kappa shape index (κ1) is 19.2. The largest absolute Gasteiger partial charge is 0.478 e. The van der Waals surface area contributed by atoms with Gasteiger partial charge >= 0.3 is 5.97 Å². The molecule has 0 spiro atoms. The van der Waals surface area contributed by atoms with Crippen LogP contribution in [0.4, 0.5) is 11.4 Å². The number of carbonyl (C=O) groups excluding carboxylic acids is 1. The standard InChI is InChI=1S/C19H29N3O3/c1-3-5-6-18(23)20-15-7-8-17(16(14-15)19(24)25)22-12-10-21(9-4-2)11-13-22/h7-8,14H,3-6,9-13H2,1-2H3,(H,20,23)(H,24,25). The van der Waals surface area contributed by atoms with Crippen molar-refractivity contribution < 1.29 is 14.7 Å². The summed E-state index contributed by atoms with van der Waals surface area (Å²) >= 11 is 0. The summed E-state index contributed by atoms with van der Waals surface area (Å²) in [5.74, 6) is -1.03. The van der Waals surface area contributed by atoms with Gasteiger partial charge in [0.05, 0.1) is 11.3 Å². The number of amides is 1. The Morgan fingerprint density at radius 1 is 1.12 bits per heavy atom. The van der Waals surface area contributed by atoms with Crippen molar-refractivity contribution in [3.8, 4) is 0 Å². The predicted octanol–water partition coefficient (Wildman–Crippen LogP) is 3.05. The van der Waals surface area contributed by atoms with E-state index < -0.39 is 5.97 Å². The molecule has 1 amide bonds. The highest BCUT2D eigenvalue weighted by molar-refractivity contribution is 5.98. The minimum Gasteiger partial charge on any atom is -0.478 e. The molecular weight excluding hydrogens is 318 g/mol. The van der Waals surface area contributed by atoms with Crippen molar-refractivity contribution in [2.24, 2.45) is 0 Å². The first-order valence-electron chi connectivity index (χ1n) is 9.19. The Bertz CT molecular complexity index is 596. The fourth-order valence-corrected chi connectivity index (χ4v) is 3.15. The second kappa shape index (κ2) is 9.42. The molecule has 1 aromatic carbocycles. The van der Waals surface area contributed by atoms with Crippen molar-refractivity contribution in [2.45, 2.75) is 39.5 Å². The number of hydrogen-bond acceptors (Lipinski definition) is 4. The highest BCUT2D eigenvalue weighted by Gasteiger charge is 2.21. The fourth-order valence-electron chi connectivity index (χ4n) is 3.15. The minimum atomic E-state index is -0.962. The quantitative estimate of drug-likeness (QED) is 0.756. The zero-order chi connectivity index (χ0) is 18.2. The van der Waals surface area contributed by atoms with Crippen LogP contribution in [0.3, 0.4) is 0 Å². The molecule has 0 aliphatic carbocycles. The number of nitrogens with one attached hydrogen (secondary N) is 1. The summed E-state index contributed by atoms with van der Waals surface area (Å²) in [4.78, 5) is 28.1. The van der Waals surface area contributed by atoms with E-state index in [0.29, 0.717) is 12.1 Å². The lowest BCUT2D eigenvalue weighted by atomic mass is 10.1. The van der Waals surface area contributed by atoms with E-state index in [1.54, 1.807) is 12.1 Å². The van der Waals surface area contributed by atoms with Crippen LogP contribution in [-0.4, -0.2) is 54.6 Å². The predicted molar refractivity (Wildman–Crippen MR) is 101 cm³/mol. The Morgan fingerprint density at radius 2 is 1.84 bits per heavy atom. The summed E-state index contributed by atoms with van der Waals surface area (Å²) in [6.07, 6.45) is 3.38. The average molecular weight is 347 g/mol. The zero-order valence-electron chi connectivity index (χ0n) is 15.3. The molecule has 1 heterocycles. The lowest BCUT2D eigenvalue weighted by molar-refractivity contribution is -0.116. The molecule has 25 heavy (non-hydrogen) atoms. The Labute approximate surface area is 149 Å². The van der Waals surface area contributed by atoms with E-state index in [4.69, 9.17) is 0 Å². The third-order valence-corrected chi connectivity index (χ3v) is 4.52. The van der Waals surface area contributed by atoms with E-state index in [1.807, 2.05) is 13.0 Å². The van der Waals surface area contributed by atoms with Crippen molar-refractivity contribution in [3.63, 3.8) is 0 Å². The molecular formula is C19H29N3O3. The van der Waals surface area contributed by atoms with Gasteiger partial charge in [-0.05, 0) is 37.6 Å². The van der Waals surface area contributed by atoms with Gasteiger partial charge in [-0.15, -0.1) is 0 Å². The van der Waals surface area contributed by atoms with Crippen LogP contribution in [0, 0.1) is 0 Å². The minimum absolute atomic E-state index is 0.0703. The molecule has 1 aliphatic rings. The molecule has 6 heteroatoms. The molecule has 138 valence electrons. The molecule has 6 nitrogen and oxygen atoms in total. The normalized spacial score (nSPS) is 15.2. The van der Waals surface area contributed by atoms with Crippen molar-refractivity contribution in [1.82, 2.24) is 4.90 Å². The number of carboxylic acids is 1. The van der Waals surface area contributed by atoms with Gasteiger partial charge in [0, 0.05) is 38.3 Å². The van der Waals surface area contributed by atoms with E-state index >= 15 is 0 Å². The van der Waals surface area contributed by atoms with Crippen molar-refractivity contribution in [2.75, 3.05) is 42.9 Å². The summed E-state index contributed by atoms with van der Waals surface area (Å²) < 4.78 is 0. The van der Waals surface area contributed by atoms with Crippen molar-refractivity contribution in [3.05, 3.63) is 23.8 Å². The monoisotopic (exact) mass is 347 g/mol. The van der Waals surface area contributed by atoms with Gasteiger partial charge in [-0.2, -0.15) is 0 Å². The molecule has 0 aromatic heterocycles. The van der Waals surface area contributed by atoms with Gasteiger partial charge in [0.1, 0.15) is 0 Å². The molecule has 1 fully saturated rings. The van der Waals surface area contributed by atoms with E-state index in [0.717, 1.165) is 57.7 Å². The maximum atomic E-state index is 11.9. The molecule has 0 radical (unpaired) electrons. The van der Waals surface area contributed by atoms with Gasteiger partial charge in [-0.25, -0.2) is 4.79 Å². The number of unbranched alkanes of at least 4 members (excludes halogenated alkanes) is 1. The van der Waals surface area contributed by atoms with E-state index in [2.05, 4.69) is 22.0 Å². The molecule has 0 atom stereocenters. The van der Waals surface area contributed by atoms with E-state index in [1.165, 1.54) is 0 Å². The highest BCUT2D eigenvalue weighted by atomic mass is 16.4. The number of nitrogens with zero attached hydrogens (tertiary/aromatic N) is 2. The smallest absolute Gasteiger partial charge is 0.337 e. The molecule has 1 aliphatic heterocycles. The number of rotatable bonds is 8. The Balaban J connectivity index is 2.09. The maximum Gasteiger partial charge on any atom is 0.337 e. The van der Waals surface area contributed by atoms with Gasteiger partial charge in [-0.1, -0.05) is 20.3 Å². The Hall–Kier alpha value is -2.08. The third kappa shape index (κ3) is 5.46. The number of benzene rings is 1. The summed E-state index contributed by atoms with van der Waals surface area (Å²) in [5, 5.41) is 12.4. The summed E-state index contributed by atoms with van der Waals surface area (Å²) in [6.45, 7) is 8.82. The van der Waals surface area contributed by atoms with Crippen LogP contribution in [0.25, 0.3) is 0 Å². The van der Waals surface area contributed by atoms with Gasteiger partial charge < -0.3 is 15.3 Å². The van der Waals surface area contributed by atoms with Gasteiger partial charge in [-0.3, -0.25) is 9.69 Å². The fraction of sp³-hybridized carbons (Fsp3) is 0.579. The molecule has 0 bridgehead atoms. The summed E-state index contributed by atoms with van der Waals surface area (Å²) in [6, 6.07) is 5.18. The molecule has 1 aromatic rings. The van der Waals surface area contributed by atoms with Crippen molar-refractivity contribution in [1.29, 1.82) is 0 Å². The molecule has 2 N–H and O–H groups in total. The Morgan fingerprint density at radius 3 is 2.44 bits per heavy atom. The van der Waals surface area contributed by atoms with Crippen molar-refractivity contribution >= 4 is 23.3 Å². The van der Waals surface area contributed by atoms with Crippen LogP contribution in [-0.2, 0) is 4.79 Å². The Kier molecular flexibility index (Phi) is 7.25. The van der Waals surface area contributed by atoms with Crippen LogP contribution in [0.15, 0.2) is 18.2 Å². The topological polar surface area (TPSA) is 72.9 Å². The molecule has 0 unspecified atom stereocenters. The van der Waals surface area contributed by atoms with Crippen LogP contribution in [0.1, 0.15) is 49.9 Å². The van der Waals surface area contributed by atoms with E-state index in [-0.39, 0.29) is 11.5 Å². The number of piperazine rings is 1. The first-order chi connectivity index (χ1) is 12.0. The summed E-state index contributed by atoms with van der Waals surface area (Å²) in [7, 11) is 0. The number of carbonyl (C=O) groups is 2. The SMILES string of the molecule is CCCCC(=O)Nc1ccc(N2CCN(CCC)CC2)c(C(=O)O)c1.